The van der Waals surface area contributed by atoms with Crippen LogP contribution in [0.4, 0.5) is 6.01 Å². The first-order chi connectivity index (χ1) is 17.8. The number of carbonyl (C=O) groups is 2. The minimum atomic E-state index is -1.02. The molecule has 0 radical (unpaired) electrons. The number of carboxylic acids is 1. The number of carboxylic acid groups (broad SMARTS) is 1. The van der Waals surface area contributed by atoms with E-state index in [4.69, 9.17) is 9.15 Å². The summed E-state index contributed by atoms with van der Waals surface area (Å²) in [6.45, 7) is 5.46. The number of carbonyl (C=O) groups excluding carboxylic acids is 1. The van der Waals surface area contributed by atoms with Gasteiger partial charge in [0.15, 0.2) is 5.58 Å². The summed E-state index contributed by atoms with van der Waals surface area (Å²) in [5.41, 5.74) is 2.39. The Kier molecular flexibility index (Phi) is 8.69. The van der Waals surface area contributed by atoms with E-state index < -0.39 is 12.0 Å². The molecule has 1 fully saturated rings. The van der Waals surface area contributed by atoms with E-state index in [0.29, 0.717) is 36.8 Å². The van der Waals surface area contributed by atoms with Gasteiger partial charge >= 0.3 is 5.97 Å². The molecule has 0 bridgehead atoms. The molecule has 1 aromatic heterocycles. The number of likely N-dealkylation sites (N-methyl/N-ethyl adjacent to an activating group) is 1. The highest BCUT2D eigenvalue weighted by atomic mass is 16.5. The smallest absolute Gasteiger partial charge is 0.326 e. The highest BCUT2D eigenvalue weighted by Gasteiger charge is 2.30. The van der Waals surface area contributed by atoms with Gasteiger partial charge in [-0.3, -0.25) is 4.79 Å². The number of hydrogen-bond donors (Lipinski definition) is 2. The van der Waals surface area contributed by atoms with Crippen molar-refractivity contribution in [1.29, 1.82) is 0 Å². The average Bonchev–Trinajstić information content (AvgIpc) is 3.34. The number of hydrogen-bond acceptors (Lipinski definition) is 6. The summed E-state index contributed by atoms with van der Waals surface area (Å²) < 4.78 is 11.6. The van der Waals surface area contributed by atoms with Gasteiger partial charge in [0.2, 0.25) is 5.91 Å². The molecule has 4 rings (SSSR count). The van der Waals surface area contributed by atoms with Crippen LogP contribution in [0.1, 0.15) is 45.1 Å². The third kappa shape index (κ3) is 7.02. The molecule has 1 saturated carbocycles. The Morgan fingerprint density at radius 1 is 1.11 bits per heavy atom. The Morgan fingerprint density at radius 3 is 2.46 bits per heavy atom. The number of nitrogens with one attached hydrogen (secondary N) is 1. The van der Waals surface area contributed by atoms with Gasteiger partial charge in [0.05, 0.1) is 6.54 Å². The van der Waals surface area contributed by atoms with E-state index in [1.165, 1.54) is 0 Å². The van der Waals surface area contributed by atoms with Crippen LogP contribution in [0.15, 0.2) is 52.9 Å². The molecule has 1 heterocycles. The number of nitrogens with zero attached hydrogens (tertiary/aromatic N) is 2. The number of para-hydroxylation sites is 2. The Labute approximate surface area is 218 Å². The highest BCUT2D eigenvalue weighted by molar-refractivity contribution is 5.85. The van der Waals surface area contributed by atoms with Gasteiger partial charge in [0.25, 0.3) is 6.01 Å². The van der Waals surface area contributed by atoms with Crippen LogP contribution in [0.3, 0.4) is 0 Å². The third-order valence-electron chi connectivity index (χ3n) is 7.37. The van der Waals surface area contributed by atoms with Gasteiger partial charge in [0.1, 0.15) is 23.9 Å². The van der Waals surface area contributed by atoms with Crippen LogP contribution in [0.25, 0.3) is 11.1 Å². The van der Waals surface area contributed by atoms with E-state index in [0.717, 1.165) is 42.3 Å². The number of aliphatic carboxylic acids is 1. The van der Waals surface area contributed by atoms with E-state index in [9.17, 15) is 14.7 Å². The fourth-order valence-corrected chi connectivity index (χ4v) is 4.91. The summed E-state index contributed by atoms with van der Waals surface area (Å²) in [5, 5.41) is 12.5. The van der Waals surface area contributed by atoms with Gasteiger partial charge in [0, 0.05) is 19.4 Å². The van der Waals surface area contributed by atoms with E-state index in [-0.39, 0.29) is 18.2 Å². The Morgan fingerprint density at radius 2 is 1.81 bits per heavy atom. The standard InChI is InChI=1S/C29H37N3O5/c1-19(2)21-10-12-22(13-11-21)27(33)30-25(28(34)35)18-20-8-14-23(15-9-20)36-17-16-32(3)29-31-24-6-4-5-7-26(24)37-29/h4-9,14-15,19,21-22,25H,10-13,16-18H2,1-3H3,(H,30,33)(H,34,35)/t21-,22-,25-/m0/s1. The maximum Gasteiger partial charge on any atom is 0.326 e. The minimum absolute atomic E-state index is 0.0967. The van der Waals surface area contributed by atoms with Gasteiger partial charge in [-0.05, 0) is 67.3 Å². The minimum Gasteiger partial charge on any atom is -0.492 e. The predicted molar refractivity (Wildman–Crippen MR) is 143 cm³/mol. The number of aromatic nitrogens is 1. The lowest BCUT2D eigenvalue weighted by Gasteiger charge is -2.30. The number of rotatable bonds is 11. The number of benzene rings is 2. The summed E-state index contributed by atoms with van der Waals surface area (Å²) >= 11 is 0. The molecule has 2 N–H and O–H groups in total. The van der Waals surface area contributed by atoms with Crippen molar-refractivity contribution in [2.75, 3.05) is 25.1 Å². The Hall–Kier alpha value is -3.55. The van der Waals surface area contributed by atoms with Crippen LogP contribution < -0.4 is 15.0 Å². The molecule has 0 unspecified atom stereocenters. The van der Waals surface area contributed by atoms with Crippen molar-refractivity contribution in [3.05, 3.63) is 54.1 Å². The zero-order valence-corrected chi connectivity index (χ0v) is 21.9. The van der Waals surface area contributed by atoms with E-state index in [2.05, 4.69) is 24.1 Å². The van der Waals surface area contributed by atoms with Gasteiger partial charge in [-0.25, -0.2) is 4.79 Å². The average molecular weight is 508 g/mol. The topological polar surface area (TPSA) is 105 Å². The molecule has 8 nitrogen and oxygen atoms in total. The van der Waals surface area contributed by atoms with Crippen molar-refractivity contribution in [3.63, 3.8) is 0 Å². The number of ether oxygens (including phenoxy) is 1. The molecule has 198 valence electrons. The molecule has 0 spiro atoms. The van der Waals surface area contributed by atoms with Crippen LogP contribution in [0.5, 0.6) is 5.75 Å². The van der Waals surface area contributed by atoms with Crippen LogP contribution in [0.2, 0.25) is 0 Å². The summed E-state index contributed by atoms with van der Waals surface area (Å²) in [7, 11) is 1.90. The molecule has 3 aromatic rings. The molecular weight excluding hydrogens is 470 g/mol. The second-order valence-corrected chi connectivity index (χ2v) is 10.3. The third-order valence-corrected chi connectivity index (χ3v) is 7.37. The Bertz CT molecular complexity index is 1150. The van der Waals surface area contributed by atoms with Gasteiger partial charge in [-0.2, -0.15) is 4.98 Å². The normalized spacial score (nSPS) is 18.5. The summed E-state index contributed by atoms with van der Waals surface area (Å²) in [5.74, 6) is 0.706. The van der Waals surface area contributed by atoms with Crippen LogP contribution >= 0.6 is 0 Å². The molecule has 1 amide bonds. The molecular formula is C29H37N3O5. The largest absolute Gasteiger partial charge is 0.492 e. The van der Waals surface area contributed by atoms with Gasteiger partial charge < -0.3 is 24.5 Å². The lowest BCUT2D eigenvalue weighted by atomic mass is 9.76. The van der Waals surface area contributed by atoms with Crippen molar-refractivity contribution in [2.45, 2.75) is 52.0 Å². The fourth-order valence-electron chi connectivity index (χ4n) is 4.91. The quantitative estimate of drug-likeness (QED) is 0.380. The molecule has 1 aliphatic rings. The molecule has 8 heteroatoms. The second kappa shape index (κ2) is 12.1. The summed E-state index contributed by atoms with van der Waals surface area (Å²) in [6.07, 6.45) is 3.94. The maximum absolute atomic E-state index is 12.8. The first-order valence-electron chi connectivity index (χ1n) is 13.1. The molecule has 1 atom stereocenters. The highest BCUT2D eigenvalue weighted by Crippen LogP contribution is 2.33. The Balaban J connectivity index is 1.24. The molecule has 0 saturated heterocycles. The van der Waals surface area contributed by atoms with E-state index >= 15 is 0 Å². The first kappa shape index (κ1) is 26.5. The zero-order chi connectivity index (χ0) is 26.4. The van der Waals surface area contributed by atoms with Gasteiger partial charge in [-0.1, -0.05) is 38.1 Å². The number of amides is 1. The van der Waals surface area contributed by atoms with Crippen molar-refractivity contribution < 1.29 is 23.8 Å². The van der Waals surface area contributed by atoms with E-state index in [1.807, 2.05) is 60.5 Å². The van der Waals surface area contributed by atoms with Crippen molar-refractivity contribution in [1.82, 2.24) is 10.3 Å². The number of oxazole rings is 1. The molecule has 37 heavy (non-hydrogen) atoms. The van der Waals surface area contributed by atoms with Crippen molar-refractivity contribution >= 4 is 29.0 Å². The maximum atomic E-state index is 12.8. The second-order valence-electron chi connectivity index (χ2n) is 10.3. The van der Waals surface area contributed by atoms with Crippen LogP contribution in [-0.2, 0) is 16.0 Å². The fraction of sp³-hybridized carbons (Fsp3) is 0.483. The van der Waals surface area contributed by atoms with Crippen molar-refractivity contribution in [3.8, 4) is 5.75 Å². The molecule has 1 aliphatic carbocycles. The predicted octanol–water partition coefficient (Wildman–Crippen LogP) is 4.92. The number of anilines is 1. The van der Waals surface area contributed by atoms with Crippen LogP contribution in [-0.4, -0.2) is 48.2 Å². The molecule has 2 aromatic carbocycles. The van der Waals surface area contributed by atoms with E-state index in [1.54, 1.807) is 0 Å². The summed E-state index contributed by atoms with van der Waals surface area (Å²) in [6, 6.07) is 14.5. The monoisotopic (exact) mass is 507 g/mol. The molecule has 0 aliphatic heterocycles. The van der Waals surface area contributed by atoms with Gasteiger partial charge in [-0.15, -0.1) is 0 Å². The zero-order valence-electron chi connectivity index (χ0n) is 21.9. The lowest BCUT2D eigenvalue weighted by Crippen LogP contribution is -2.45. The van der Waals surface area contributed by atoms with Crippen LogP contribution in [0, 0.1) is 17.8 Å². The lowest BCUT2D eigenvalue weighted by molar-refractivity contribution is -0.142. The van der Waals surface area contributed by atoms with Crippen molar-refractivity contribution in [2.24, 2.45) is 17.8 Å². The summed E-state index contributed by atoms with van der Waals surface area (Å²) in [4.78, 5) is 31.0. The number of fused-ring (bicyclic) bond motifs is 1. The first-order valence-corrected chi connectivity index (χ1v) is 13.1. The SMILES string of the molecule is CC(C)[C@H]1CC[C@H](C(=O)N[C@@H](Cc2ccc(OCCN(C)c3nc4ccccc4o3)cc2)C(=O)O)CC1.